The van der Waals surface area contributed by atoms with E-state index >= 15 is 0 Å². The zero-order valence-electron chi connectivity index (χ0n) is 8.94. The van der Waals surface area contributed by atoms with Crippen LogP contribution in [0.15, 0.2) is 24.5 Å². The number of pyridine rings is 1. The molecule has 2 heterocycles. The second-order valence-electron chi connectivity index (χ2n) is 3.64. The van der Waals surface area contributed by atoms with Crippen LogP contribution in [-0.4, -0.2) is 14.5 Å². The highest BCUT2D eigenvalue weighted by Crippen LogP contribution is 2.10. The zero-order valence-corrected chi connectivity index (χ0v) is 8.94. The van der Waals surface area contributed by atoms with Gasteiger partial charge in [-0.1, -0.05) is 6.07 Å². The molecule has 0 spiro atoms. The minimum absolute atomic E-state index is 0.539. The third kappa shape index (κ3) is 1.98. The molecule has 0 amide bonds. The monoisotopic (exact) mass is 202 g/mol. The molecule has 0 saturated heterocycles. The maximum Gasteiger partial charge on any atom is 0.200 e. The lowest BCUT2D eigenvalue weighted by atomic mass is 10.2. The van der Waals surface area contributed by atoms with Crippen LogP contribution in [0.4, 0.5) is 5.95 Å². The van der Waals surface area contributed by atoms with Crippen LogP contribution >= 0.6 is 0 Å². The summed E-state index contributed by atoms with van der Waals surface area (Å²) in [5.74, 6) is 0.539. The number of nitrogens with two attached hydrogens (primary N) is 1. The van der Waals surface area contributed by atoms with Gasteiger partial charge in [0.1, 0.15) is 0 Å². The number of imidazole rings is 1. The Bertz CT molecular complexity index is 473. The van der Waals surface area contributed by atoms with Gasteiger partial charge < -0.3 is 10.3 Å². The Morgan fingerprint density at radius 1 is 1.40 bits per heavy atom. The van der Waals surface area contributed by atoms with Crippen molar-refractivity contribution >= 4 is 5.95 Å². The molecule has 4 heteroatoms. The molecule has 0 bridgehead atoms. The predicted octanol–water partition coefficient (Wildman–Crippen LogP) is 1.53. The van der Waals surface area contributed by atoms with E-state index in [0.29, 0.717) is 12.5 Å². The Balaban J connectivity index is 2.29. The van der Waals surface area contributed by atoms with Crippen LogP contribution in [-0.2, 0) is 6.54 Å². The molecule has 0 radical (unpaired) electrons. The molecule has 0 unspecified atom stereocenters. The van der Waals surface area contributed by atoms with E-state index in [4.69, 9.17) is 5.73 Å². The number of hydrogen-bond donors (Lipinski definition) is 1. The van der Waals surface area contributed by atoms with Crippen molar-refractivity contribution < 1.29 is 0 Å². The molecule has 0 atom stereocenters. The van der Waals surface area contributed by atoms with Crippen molar-refractivity contribution in [2.45, 2.75) is 20.4 Å². The van der Waals surface area contributed by atoms with Gasteiger partial charge in [0, 0.05) is 12.4 Å². The van der Waals surface area contributed by atoms with E-state index in [1.165, 1.54) is 5.56 Å². The first-order chi connectivity index (χ1) is 7.16. The molecule has 2 N–H and O–H groups in total. The number of aromatic nitrogens is 3. The maximum absolute atomic E-state index is 5.76. The van der Waals surface area contributed by atoms with E-state index in [0.717, 1.165) is 11.4 Å². The van der Waals surface area contributed by atoms with Crippen LogP contribution in [0.3, 0.4) is 0 Å². The molecular weight excluding hydrogens is 188 g/mol. The van der Waals surface area contributed by atoms with E-state index in [1.54, 1.807) is 6.20 Å². The average Bonchev–Trinajstić information content (AvgIpc) is 2.49. The average molecular weight is 202 g/mol. The summed E-state index contributed by atoms with van der Waals surface area (Å²) in [5, 5.41) is 0. The molecule has 2 rings (SSSR count). The summed E-state index contributed by atoms with van der Waals surface area (Å²) in [4.78, 5) is 8.47. The predicted molar refractivity (Wildman–Crippen MR) is 59.5 cm³/mol. The summed E-state index contributed by atoms with van der Waals surface area (Å²) in [5.41, 5.74) is 8.89. The van der Waals surface area contributed by atoms with Crippen molar-refractivity contribution in [3.8, 4) is 0 Å². The van der Waals surface area contributed by atoms with Crippen molar-refractivity contribution in [3.05, 3.63) is 41.5 Å². The Labute approximate surface area is 88.8 Å². The summed E-state index contributed by atoms with van der Waals surface area (Å²) < 4.78 is 1.91. The van der Waals surface area contributed by atoms with Crippen molar-refractivity contribution in [2.24, 2.45) is 0 Å². The molecule has 0 aliphatic carbocycles. The van der Waals surface area contributed by atoms with Crippen molar-refractivity contribution in [1.82, 2.24) is 14.5 Å². The summed E-state index contributed by atoms with van der Waals surface area (Å²) in [6.07, 6.45) is 3.73. The fourth-order valence-corrected chi connectivity index (χ4v) is 1.54. The van der Waals surface area contributed by atoms with E-state index in [9.17, 15) is 0 Å². The summed E-state index contributed by atoms with van der Waals surface area (Å²) in [6.45, 7) is 4.65. The Morgan fingerprint density at radius 3 is 2.80 bits per heavy atom. The number of nitrogen functional groups attached to an aromatic ring is 1. The van der Waals surface area contributed by atoms with E-state index in [2.05, 4.69) is 9.97 Å². The molecule has 4 nitrogen and oxygen atoms in total. The molecule has 2 aromatic rings. The number of aryl methyl sites for hydroxylation is 2. The van der Waals surface area contributed by atoms with Crippen LogP contribution < -0.4 is 5.73 Å². The van der Waals surface area contributed by atoms with E-state index in [1.807, 2.05) is 36.7 Å². The van der Waals surface area contributed by atoms with Gasteiger partial charge in [-0.05, 0) is 25.5 Å². The van der Waals surface area contributed by atoms with Gasteiger partial charge >= 0.3 is 0 Å². The lowest BCUT2D eigenvalue weighted by Gasteiger charge is -2.06. The first-order valence-corrected chi connectivity index (χ1v) is 4.86. The number of rotatable bonds is 2. The zero-order chi connectivity index (χ0) is 10.8. The minimum atomic E-state index is 0.539. The molecule has 0 saturated carbocycles. The van der Waals surface area contributed by atoms with E-state index < -0.39 is 0 Å². The second kappa shape index (κ2) is 3.73. The lowest BCUT2D eigenvalue weighted by molar-refractivity contribution is 0.777. The van der Waals surface area contributed by atoms with Crippen molar-refractivity contribution in [1.29, 1.82) is 0 Å². The van der Waals surface area contributed by atoms with Crippen LogP contribution in [0.1, 0.15) is 17.0 Å². The standard InChI is InChI=1S/C11H14N4/c1-8-4-3-5-13-10(8)7-15-6-9(2)14-11(15)12/h3-6H,7H2,1-2H3,(H2,12,14). The van der Waals surface area contributed by atoms with Crippen molar-refractivity contribution in [3.63, 3.8) is 0 Å². The lowest BCUT2D eigenvalue weighted by Crippen LogP contribution is -2.06. The first kappa shape index (κ1) is 9.71. The van der Waals surface area contributed by atoms with Gasteiger partial charge in [-0.2, -0.15) is 0 Å². The molecule has 0 aliphatic heterocycles. The second-order valence-corrected chi connectivity index (χ2v) is 3.64. The molecule has 0 aromatic carbocycles. The van der Waals surface area contributed by atoms with Crippen LogP contribution in [0.2, 0.25) is 0 Å². The van der Waals surface area contributed by atoms with Crippen LogP contribution in [0.25, 0.3) is 0 Å². The van der Waals surface area contributed by atoms with Gasteiger partial charge in [-0.15, -0.1) is 0 Å². The van der Waals surface area contributed by atoms with Gasteiger partial charge in [0.25, 0.3) is 0 Å². The molecule has 15 heavy (non-hydrogen) atoms. The fraction of sp³-hybridized carbons (Fsp3) is 0.273. The van der Waals surface area contributed by atoms with Crippen LogP contribution in [0, 0.1) is 13.8 Å². The van der Waals surface area contributed by atoms with E-state index in [-0.39, 0.29) is 0 Å². The topological polar surface area (TPSA) is 56.7 Å². The normalized spacial score (nSPS) is 10.5. The molecular formula is C11H14N4. The minimum Gasteiger partial charge on any atom is -0.369 e. The fourth-order valence-electron chi connectivity index (χ4n) is 1.54. The van der Waals surface area contributed by atoms with Crippen LogP contribution in [0.5, 0.6) is 0 Å². The highest BCUT2D eigenvalue weighted by atomic mass is 15.1. The van der Waals surface area contributed by atoms with Crippen molar-refractivity contribution in [2.75, 3.05) is 5.73 Å². The Hall–Kier alpha value is -1.84. The third-order valence-electron chi connectivity index (χ3n) is 2.37. The first-order valence-electron chi connectivity index (χ1n) is 4.86. The molecule has 2 aromatic heterocycles. The molecule has 0 fully saturated rings. The van der Waals surface area contributed by atoms with Gasteiger partial charge in [0.15, 0.2) is 0 Å². The Kier molecular flexibility index (Phi) is 2.41. The third-order valence-corrected chi connectivity index (χ3v) is 2.37. The highest BCUT2D eigenvalue weighted by molar-refractivity contribution is 5.25. The SMILES string of the molecule is Cc1cn(Cc2ncccc2C)c(N)n1. The van der Waals surface area contributed by atoms with Gasteiger partial charge in [0.05, 0.1) is 17.9 Å². The van der Waals surface area contributed by atoms with Gasteiger partial charge in [-0.3, -0.25) is 4.98 Å². The number of hydrogen-bond acceptors (Lipinski definition) is 3. The summed E-state index contributed by atoms with van der Waals surface area (Å²) in [6, 6.07) is 3.98. The Morgan fingerprint density at radius 2 is 2.20 bits per heavy atom. The van der Waals surface area contributed by atoms with Gasteiger partial charge in [0.2, 0.25) is 5.95 Å². The quantitative estimate of drug-likeness (QED) is 0.803. The smallest absolute Gasteiger partial charge is 0.200 e. The number of nitrogens with zero attached hydrogens (tertiary/aromatic N) is 3. The summed E-state index contributed by atoms with van der Waals surface area (Å²) in [7, 11) is 0. The molecule has 0 aliphatic rings. The van der Waals surface area contributed by atoms with Gasteiger partial charge in [-0.25, -0.2) is 4.98 Å². The molecule has 78 valence electrons. The number of anilines is 1. The largest absolute Gasteiger partial charge is 0.369 e. The summed E-state index contributed by atoms with van der Waals surface area (Å²) >= 11 is 0. The highest BCUT2D eigenvalue weighted by Gasteiger charge is 2.04. The maximum atomic E-state index is 5.76.